The number of nitro benzene ring substituents is 1. The van der Waals surface area contributed by atoms with Crippen molar-refractivity contribution in [3.05, 3.63) is 87.4 Å². The molecule has 1 aliphatic rings. The maximum atomic E-state index is 12.9. The molecule has 0 bridgehead atoms. The van der Waals surface area contributed by atoms with Gasteiger partial charge in [0.15, 0.2) is 6.61 Å². The Kier molecular flexibility index (Phi) is 9.22. The summed E-state index contributed by atoms with van der Waals surface area (Å²) in [5.41, 5.74) is 1.91. The van der Waals surface area contributed by atoms with Crippen LogP contribution in [0.4, 0.5) is 17.1 Å². The van der Waals surface area contributed by atoms with Gasteiger partial charge in [-0.1, -0.05) is 18.5 Å². The van der Waals surface area contributed by atoms with Crippen LogP contribution >= 0.6 is 11.6 Å². The monoisotopic (exact) mass is 552 g/mol. The number of ether oxygens (including phenoxy) is 2. The van der Waals surface area contributed by atoms with E-state index in [4.69, 9.17) is 21.1 Å². The van der Waals surface area contributed by atoms with E-state index in [2.05, 4.69) is 10.2 Å². The van der Waals surface area contributed by atoms with E-state index in [-0.39, 0.29) is 18.2 Å². The molecule has 0 spiro atoms. The number of amides is 2. The lowest BCUT2D eigenvalue weighted by Crippen LogP contribution is -2.48. The summed E-state index contributed by atoms with van der Waals surface area (Å²) < 4.78 is 11.0. The van der Waals surface area contributed by atoms with Gasteiger partial charge in [-0.15, -0.1) is 0 Å². The molecule has 2 amide bonds. The first-order valence-electron chi connectivity index (χ1n) is 12.6. The second kappa shape index (κ2) is 13.0. The van der Waals surface area contributed by atoms with Crippen molar-refractivity contribution in [3.63, 3.8) is 0 Å². The molecule has 1 N–H and O–H groups in total. The smallest absolute Gasteiger partial charge is 0.269 e. The Bertz CT molecular complexity index is 1310. The largest absolute Gasteiger partial charge is 0.494 e. The third-order valence-corrected chi connectivity index (χ3v) is 6.43. The summed E-state index contributed by atoms with van der Waals surface area (Å²) in [5.74, 6) is 0.690. The quantitative estimate of drug-likeness (QED) is 0.277. The van der Waals surface area contributed by atoms with E-state index in [1.165, 1.54) is 24.3 Å². The molecular weight excluding hydrogens is 524 g/mol. The zero-order valence-electron chi connectivity index (χ0n) is 21.5. The number of nitrogens with zero attached hydrogens (tertiary/aromatic N) is 3. The van der Waals surface area contributed by atoms with Gasteiger partial charge >= 0.3 is 0 Å². The predicted octanol–water partition coefficient (Wildman–Crippen LogP) is 5.02. The molecule has 3 aromatic rings. The fourth-order valence-corrected chi connectivity index (χ4v) is 4.40. The van der Waals surface area contributed by atoms with Crippen LogP contribution in [-0.2, 0) is 4.79 Å². The van der Waals surface area contributed by atoms with Crippen molar-refractivity contribution < 1.29 is 24.0 Å². The third kappa shape index (κ3) is 7.38. The maximum absolute atomic E-state index is 12.9. The number of piperazine rings is 1. The first kappa shape index (κ1) is 27.7. The summed E-state index contributed by atoms with van der Waals surface area (Å²) in [6, 6.07) is 18.0. The highest BCUT2D eigenvalue weighted by molar-refractivity contribution is 6.33. The zero-order chi connectivity index (χ0) is 27.8. The van der Waals surface area contributed by atoms with Gasteiger partial charge in [-0.25, -0.2) is 0 Å². The number of nitrogens with one attached hydrogen (secondary N) is 1. The molecule has 0 aromatic heterocycles. The number of nitro groups is 1. The highest BCUT2D eigenvalue weighted by Gasteiger charge is 2.23. The number of benzene rings is 3. The van der Waals surface area contributed by atoms with Crippen LogP contribution in [-0.4, -0.2) is 61.0 Å². The predicted molar refractivity (Wildman–Crippen MR) is 149 cm³/mol. The standard InChI is InChI=1S/C28H29ClN4O6/c1-2-17-38-23-8-3-20(4-9-23)28(35)32-15-13-31(14-16-32)26-12-5-21(18-25(26)29)30-27(34)19-39-24-10-6-22(7-11-24)33(36)37/h3-12,18H,2,13-17,19H2,1H3,(H,30,34). The molecule has 11 heteroatoms. The molecule has 0 atom stereocenters. The number of halogens is 1. The lowest BCUT2D eigenvalue weighted by molar-refractivity contribution is -0.384. The van der Waals surface area contributed by atoms with Crippen molar-refractivity contribution in [1.82, 2.24) is 4.90 Å². The van der Waals surface area contributed by atoms with Crippen LogP contribution in [0.2, 0.25) is 5.02 Å². The van der Waals surface area contributed by atoms with Gasteiger partial charge in [0.25, 0.3) is 17.5 Å². The number of carbonyl (C=O) groups excluding carboxylic acids is 2. The molecule has 0 aliphatic carbocycles. The highest BCUT2D eigenvalue weighted by Crippen LogP contribution is 2.30. The molecule has 0 unspecified atom stereocenters. The van der Waals surface area contributed by atoms with Gasteiger partial charge in [-0.3, -0.25) is 19.7 Å². The van der Waals surface area contributed by atoms with E-state index in [1.807, 2.05) is 30.0 Å². The van der Waals surface area contributed by atoms with Crippen LogP contribution in [0, 0.1) is 10.1 Å². The molecule has 10 nitrogen and oxygen atoms in total. The van der Waals surface area contributed by atoms with Gasteiger partial charge in [0, 0.05) is 49.6 Å². The van der Waals surface area contributed by atoms with E-state index in [9.17, 15) is 19.7 Å². The van der Waals surface area contributed by atoms with Crippen molar-refractivity contribution in [2.24, 2.45) is 0 Å². The first-order chi connectivity index (χ1) is 18.8. The van der Waals surface area contributed by atoms with Crippen LogP contribution < -0.4 is 19.7 Å². The van der Waals surface area contributed by atoms with Crippen LogP contribution in [0.1, 0.15) is 23.7 Å². The third-order valence-electron chi connectivity index (χ3n) is 6.13. The average molecular weight is 553 g/mol. The summed E-state index contributed by atoms with van der Waals surface area (Å²) in [7, 11) is 0. The van der Waals surface area contributed by atoms with Gasteiger partial charge in [0.1, 0.15) is 11.5 Å². The van der Waals surface area contributed by atoms with E-state index in [1.54, 1.807) is 24.3 Å². The van der Waals surface area contributed by atoms with Crippen molar-refractivity contribution in [3.8, 4) is 11.5 Å². The van der Waals surface area contributed by atoms with Crippen LogP contribution in [0.25, 0.3) is 0 Å². The van der Waals surface area contributed by atoms with Crippen LogP contribution in [0.5, 0.6) is 11.5 Å². The fourth-order valence-electron chi connectivity index (χ4n) is 4.10. The summed E-state index contributed by atoms with van der Waals surface area (Å²) >= 11 is 6.53. The maximum Gasteiger partial charge on any atom is 0.269 e. The molecule has 0 saturated carbocycles. The number of hydrogen-bond donors (Lipinski definition) is 1. The van der Waals surface area contributed by atoms with E-state index in [0.29, 0.717) is 54.8 Å². The van der Waals surface area contributed by atoms with Crippen molar-refractivity contribution >= 4 is 40.5 Å². The lowest BCUT2D eigenvalue weighted by atomic mass is 10.1. The molecule has 3 aromatic carbocycles. The molecule has 39 heavy (non-hydrogen) atoms. The summed E-state index contributed by atoms with van der Waals surface area (Å²) in [6.07, 6.45) is 0.924. The number of non-ortho nitro benzene ring substituents is 1. The minimum atomic E-state index is -0.506. The number of rotatable bonds is 10. The van der Waals surface area contributed by atoms with E-state index in [0.717, 1.165) is 17.9 Å². The molecule has 4 rings (SSSR count). The Morgan fingerprint density at radius 1 is 0.949 bits per heavy atom. The number of anilines is 2. The van der Waals surface area contributed by atoms with Crippen molar-refractivity contribution in [2.75, 3.05) is 49.6 Å². The van der Waals surface area contributed by atoms with E-state index >= 15 is 0 Å². The molecule has 1 heterocycles. The molecule has 1 saturated heterocycles. The summed E-state index contributed by atoms with van der Waals surface area (Å²) in [4.78, 5) is 39.4. The summed E-state index contributed by atoms with van der Waals surface area (Å²) in [5, 5.41) is 13.9. The number of hydrogen-bond acceptors (Lipinski definition) is 7. The zero-order valence-corrected chi connectivity index (χ0v) is 22.2. The van der Waals surface area contributed by atoms with Gasteiger partial charge in [0.2, 0.25) is 0 Å². The second-order valence-corrected chi connectivity index (χ2v) is 9.31. The molecule has 204 valence electrons. The highest BCUT2D eigenvalue weighted by atomic mass is 35.5. The van der Waals surface area contributed by atoms with Crippen LogP contribution in [0.3, 0.4) is 0 Å². The van der Waals surface area contributed by atoms with Gasteiger partial charge < -0.3 is 24.6 Å². The minimum Gasteiger partial charge on any atom is -0.494 e. The Hall–Kier alpha value is -4.31. The van der Waals surface area contributed by atoms with E-state index < -0.39 is 10.8 Å². The summed E-state index contributed by atoms with van der Waals surface area (Å²) in [6.45, 7) is 4.78. The topological polar surface area (TPSA) is 114 Å². The van der Waals surface area contributed by atoms with Crippen molar-refractivity contribution in [2.45, 2.75) is 13.3 Å². The second-order valence-electron chi connectivity index (χ2n) is 8.91. The molecule has 1 aliphatic heterocycles. The Balaban J connectivity index is 1.26. The lowest BCUT2D eigenvalue weighted by Gasteiger charge is -2.36. The van der Waals surface area contributed by atoms with Gasteiger partial charge in [0.05, 0.1) is 22.2 Å². The normalized spacial score (nSPS) is 13.1. The Labute approximate surface area is 231 Å². The van der Waals surface area contributed by atoms with Crippen LogP contribution in [0.15, 0.2) is 66.7 Å². The Morgan fingerprint density at radius 2 is 1.59 bits per heavy atom. The first-order valence-corrected chi connectivity index (χ1v) is 13.0. The Morgan fingerprint density at radius 3 is 2.21 bits per heavy atom. The molecular formula is C28H29ClN4O6. The molecule has 1 fully saturated rings. The minimum absolute atomic E-state index is 0.0169. The fraction of sp³-hybridized carbons (Fsp3) is 0.286. The SMILES string of the molecule is CCCOc1ccc(C(=O)N2CCN(c3ccc(NC(=O)COc4ccc([N+](=O)[O-])cc4)cc3Cl)CC2)cc1. The average Bonchev–Trinajstić information content (AvgIpc) is 2.95. The van der Waals surface area contributed by atoms with Gasteiger partial charge in [-0.05, 0) is 61.0 Å². The molecule has 0 radical (unpaired) electrons. The van der Waals surface area contributed by atoms with Gasteiger partial charge in [-0.2, -0.15) is 0 Å². The van der Waals surface area contributed by atoms with Crippen molar-refractivity contribution in [1.29, 1.82) is 0 Å². The number of carbonyl (C=O) groups is 2.